The number of benzene rings is 1. The number of hydrogen-bond acceptors (Lipinski definition) is 3. The van der Waals surface area contributed by atoms with E-state index in [9.17, 15) is 9.18 Å². The van der Waals surface area contributed by atoms with Crippen LogP contribution in [0.25, 0.3) is 0 Å². The van der Waals surface area contributed by atoms with Crippen LogP contribution in [0.3, 0.4) is 0 Å². The van der Waals surface area contributed by atoms with Crippen molar-refractivity contribution in [3.8, 4) is 5.75 Å². The van der Waals surface area contributed by atoms with Crippen molar-refractivity contribution >= 4 is 11.9 Å². The summed E-state index contributed by atoms with van der Waals surface area (Å²) >= 11 is 0. The van der Waals surface area contributed by atoms with Crippen LogP contribution in [0.5, 0.6) is 5.75 Å². The van der Waals surface area contributed by atoms with Gasteiger partial charge in [-0.1, -0.05) is 6.92 Å². The number of carbonyl (C=O) groups excluding carboxylic acids is 1. The summed E-state index contributed by atoms with van der Waals surface area (Å²) in [6.45, 7) is 5.86. The average molecular weight is 350 g/mol. The van der Waals surface area contributed by atoms with Gasteiger partial charge in [-0.2, -0.15) is 0 Å². The quantitative estimate of drug-likeness (QED) is 0.606. The number of nitrogens with zero attached hydrogens (tertiary/aromatic N) is 2. The van der Waals surface area contributed by atoms with E-state index in [1.54, 1.807) is 19.2 Å². The summed E-state index contributed by atoms with van der Waals surface area (Å²) in [7, 11) is 1.71. The van der Waals surface area contributed by atoms with Crippen LogP contribution in [-0.2, 0) is 4.79 Å². The number of ether oxygens (including phenoxy) is 1. The molecule has 0 spiro atoms. The third kappa shape index (κ3) is 5.92. The predicted octanol–water partition coefficient (Wildman–Crippen LogP) is 1.77. The molecular formula is C18H27FN4O2. The number of aliphatic imine (C=N–C) groups is 1. The zero-order chi connectivity index (χ0) is 18.2. The van der Waals surface area contributed by atoms with E-state index in [-0.39, 0.29) is 23.9 Å². The first kappa shape index (κ1) is 19.0. The van der Waals surface area contributed by atoms with Crippen molar-refractivity contribution < 1.29 is 13.9 Å². The molecule has 1 fully saturated rings. The van der Waals surface area contributed by atoms with Crippen LogP contribution in [0.1, 0.15) is 26.7 Å². The largest absolute Gasteiger partial charge is 0.489 e. The van der Waals surface area contributed by atoms with Crippen LogP contribution in [-0.4, -0.2) is 55.6 Å². The monoisotopic (exact) mass is 350 g/mol. The van der Waals surface area contributed by atoms with E-state index in [1.165, 1.54) is 12.1 Å². The number of guanidine groups is 1. The van der Waals surface area contributed by atoms with Crippen molar-refractivity contribution in [3.63, 3.8) is 0 Å². The molecule has 0 aromatic heterocycles. The molecule has 1 aliphatic rings. The van der Waals surface area contributed by atoms with Gasteiger partial charge in [-0.05, 0) is 37.6 Å². The fraction of sp³-hybridized carbons (Fsp3) is 0.556. The highest BCUT2D eigenvalue weighted by Gasteiger charge is 2.25. The average Bonchev–Trinajstić information content (AvgIpc) is 3.08. The molecule has 1 aromatic carbocycles. The SMILES string of the molecule is CCC(=O)N1CCC(NC(=NC)NCC(C)Oc2ccc(F)cc2)C1. The van der Waals surface area contributed by atoms with Gasteiger partial charge in [0.2, 0.25) is 5.91 Å². The molecule has 2 unspecified atom stereocenters. The highest BCUT2D eigenvalue weighted by molar-refractivity contribution is 5.80. The minimum Gasteiger partial charge on any atom is -0.489 e. The Morgan fingerprint density at radius 1 is 1.44 bits per heavy atom. The van der Waals surface area contributed by atoms with E-state index in [0.717, 1.165) is 13.0 Å². The molecule has 1 saturated heterocycles. The van der Waals surface area contributed by atoms with Crippen molar-refractivity contribution in [1.82, 2.24) is 15.5 Å². The maximum absolute atomic E-state index is 12.9. The first-order chi connectivity index (χ1) is 12.0. The number of amides is 1. The summed E-state index contributed by atoms with van der Waals surface area (Å²) in [4.78, 5) is 17.8. The summed E-state index contributed by atoms with van der Waals surface area (Å²) < 4.78 is 18.6. The van der Waals surface area contributed by atoms with Gasteiger partial charge in [-0.25, -0.2) is 4.39 Å². The highest BCUT2D eigenvalue weighted by Crippen LogP contribution is 2.13. The highest BCUT2D eigenvalue weighted by atomic mass is 19.1. The normalized spacial score (nSPS) is 18.8. The van der Waals surface area contributed by atoms with Crippen molar-refractivity contribution in [2.45, 2.75) is 38.8 Å². The molecular weight excluding hydrogens is 323 g/mol. The molecule has 1 amide bonds. The second-order valence-corrected chi connectivity index (χ2v) is 6.16. The van der Waals surface area contributed by atoms with E-state index < -0.39 is 0 Å². The summed E-state index contributed by atoms with van der Waals surface area (Å²) in [6.07, 6.45) is 1.34. The molecule has 0 aliphatic carbocycles. The van der Waals surface area contributed by atoms with Crippen LogP contribution in [0, 0.1) is 5.82 Å². The van der Waals surface area contributed by atoms with Gasteiger partial charge in [-0.15, -0.1) is 0 Å². The summed E-state index contributed by atoms with van der Waals surface area (Å²) in [5.41, 5.74) is 0. The van der Waals surface area contributed by atoms with E-state index >= 15 is 0 Å². The molecule has 0 saturated carbocycles. The van der Waals surface area contributed by atoms with Crippen molar-refractivity contribution in [3.05, 3.63) is 30.1 Å². The number of hydrogen-bond donors (Lipinski definition) is 2. The number of halogens is 1. The molecule has 1 aliphatic heterocycles. The maximum Gasteiger partial charge on any atom is 0.222 e. The second kappa shape index (κ2) is 9.25. The Labute approximate surface area is 148 Å². The Balaban J connectivity index is 1.74. The molecule has 7 heteroatoms. The third-order valence-electron chi connectivity index (χ3n) is 4.12. The molecule has 25 heavy (non-hydrogen) atoms. The minimum absolute atomic E-state index is 0.106. The fourth-order valence-corrected chi connectivity index (χ4v) is 2.74. The van der Waals surface area contributed by atoms with Gasteiger partial charge in [0.05, 0.1) is 6.54 Å². The predicted molar refractivity (Wildman–Crippen MR) is 96.3 cm³/mol. The lowest BCUT2D eigenvalue weighted by molar-refractivity contribution is -0.129. The van der Waals surface area contributed by atoms with Gasteiger partial charge in [0, 0.05) is 32.6 Å². The summed E-state index contributed by atoms with van der Waals surface area (Å²) in [6, 6.07) is 6.17. The van der Waals surface area contributed by atoms with Gasteiger partial charge in [0.25, 0.3) is 0 Å². The van der Waals surface area contributed by atoms with Crippen molar-refractivity contribution in [1.29, 1.82) is 0 Å². The topological polar surface area (TPSA) is 66.0 Å². The molecule has 2 rings (SSSR count). The third-order valence-corrected chi connectivity index (χ3v) is 4.12. The van der Waals surface area contributed by atoms with Gasteiger partial charge in [0.15, 0.2) is 5.96 Å². The number of nitrogens with one attached hydrogen (secondary N) is 2. The maximum atomic E-state index is 12.9. The van der Waals surface area contributed by atoms with Gasteiger partial charge >= 0.3 is 0 Å². The molecule has 1 aromatic rings. The number of rotatable bonds is 6. The Morgan fingerprint density at radius 3 is 2.80 bits per heavy atom. The molecule has 1 heterocycles. The van der Waals surface area contributed by atoms with Gasteiger partial charge in [-0.3, -0.25) is 9.79 Å². The van der Waals surface area contributed by atoms with Crippen LogP contribution < -0.4 is 15.4 Å². The molecule has 2 N–H and O–H groups in total. The molecule has 0 radical (unpaired) electrons. The lowest BCUT2D eigenvalue weighted by atomic mass is 10.3. The van der Waals surface area contributed by atoms with Crippen molar-refractivity contribution in [2.75, 3.05) is 26.7 Å². The number of carbonyl (C=O) groups is 1. The standard InChI is InChI=1S/C18H27FN4O2/c1-4-17(24)23-10-9-15(12-23)22-18(20-3)21-11-13(2)25-16-7-5-14(19)6-8-16/h5-8,13,15H,4,9-12H2,1-3H3,(H2,20,21,22). The van der Waals surface area contributed by atoms with Gasteiger partial charge < -0.3 is 20.3 Å². The van der Waals surface area contributed by atoms with Crippen LogP contribution in [0.2, 0.25) is 0 Å². The van der Waals surface area contributed by atoms with E-state index in [2.05, 4.69) is 15.6 Å². The Bertz CT molecular complexity index is 591. The first-order valence-corrected chi connectivity index (χ1v) is 8.69. The minimum atomic E-state index is -0.283. The van der Waals surface area contributed by atoms with Gasteiger partial charge in [0.1, 0.15) is 17.7 Å². The van der Waals surface area contributed by atoms with Crippen LogP contribution in [0.4, 0.5) is 4.39 Å². The molecule has 6 nitrogen and oxygen atoms in total. The van der Waals surface area contributed by atoms with Crippen LogP contribution >= 0.6 is 0 Å². The summed E-state index contributed by atoms with van der Waals surface area (Å²) in [5, 5.41) is 6.56. The lowest BCUT2D eigenvalue weighted by Crippen LogP contribution is -2.47. The van der Waals surface area contributed by atoms with Crippen molar-refractivity contribution in [2.24, 2.45) is 4.99 Å². The second-order valence-electron chi connectivity index (χ2n) is 6.16. The van der Waals surface area contributed by atoms with E-state index in [4.69, 9.17) is 4.74 Å². The van der Waals surface area contributed by atoms with Crippen LogP contribution in [0.15, 0.2) is 29.3 Å². The smallest absolute Gasteiger partial charge is 0.222 e. The Morgan fingerprint density at radius 2 is 2.16 bits per heavy atom. The molecule has 138 valence electrons. The zero-order valence-electron chi connectivity index (χ0n) is 15.1. The van der Waals surface area contributed by atoms with E-state index in [1.807, 2.05) is 18.7 Å². The van der Waals surface area contributed by atoms with E-state index in [0.29, 0.717) is 31.2 Å². The Kier molecular flexibility index (Phi) is 7.03. The summed E-state index contributed by atoms with van der Waals surface area (Å²) in [5.74, 6) is 1.22. The number of likely N-dealkylation sites (tertiary alicyclic amines) is 1. The first-order valence-electron chi connectivity index (χ1n) is 8.69. The molecule has 2 atom stereocenters. The lowest BCUT2D eigenvalue weighted by Gasteiger charge is -2.20. The molecule has 0 bridgehead atoms. The Hall–Kier alpha value is -2.31. The fourth-order valence-electron chi connectivity index (χ4n) is 2.74. The zero-order valence-corrected chi connectivity index (χ0v) is 15.1.